The maximum Gasteiger partial charge on any atom is 0.171 e. The molecule has 0 unspecified atom stereocenters. The third-order valence-electron chi connectivity index (χ3n) is 3.22. The van der Waals surface area contributed by atoms with Gasteiger partial charge in [-0.3, -0.25) is 0 Å². The predicted octanol–water partition coefficient (Wildman–Crippen LogP) is 3.79. The topological polar surface area (TPSA) is 39.8 Å². The van der Waals surface area contributed by atoms with Crippen molar-refractivity contribution in [3.05, 3.63) is 66.1 Å². The molecule has 2 aromatic carbocycles. The maximum atomic E-state index is 12.8. The molecule has 3 aromatic rings. The Morgan fingerprint density at radius 3 is 2.67 bits per heavy atom. The highest BCUT2D eigenvalue weighted by atomic mass is 32.1. The Kier molecular flexibility index (Phi) is 3.83. The number of hydrogen-bond donors (Lipinski definition) is 3. The molecule has 0 atom stereocenters. The lowest BCUT2D eigenvalue weighted by Crippen LogP contribution is -2.27. The summed E-state index contributed by atoms with van der Waals surface area (Å²) >= 11 is 5.24. The van der Waals surface area contributed by atoms with Gasteiger partial charge in [0.1, 0.15) is 5.82 Å². The fourth-order valence-electron chi connectivity index (χ4n) is 2.16. The Morgan fingerprint density at radius 1 is 1.10 bits per heavy atom. The van der Waals surface area contributed by atoms with Crippen LogP contribution in [-0.2, 0) is 6.54 Å². The van der Waals surface area contributed by atoms with Gasteiger partial charge in [0.2, 0.25) is 0 Å². The van der Waals surface area contributed by atoms with E-state index in [0.717, 1.165) is 16.8 Å². The van der Waals surface area contributed by atoms with Crippen LogP contribution in [0.5, 0.6) is 0 Å². The van der Waals surface area contributed by atoms with Crippen molar-refractivity contribution in [3.8, 4) is 0 Å². The summed E-state index contributed by atoms with van der Waals surface area (Å²) in [6.07, 6.45) is 1.97. The zero-order valence-corrected chi connectivity index (χ0v) is 12.0. The molecule has 0 saturated carbocycles. The number of aromatic nitrogens is 1. The highest BCUT2D eigenvalue weighted by molar-refractivity contribution is 7.80. The molecule has 0 aliphatic heterocycles. The molecular formula is C16H14FN3S. The molecule has 1 aromatic heterocycles. The van der Waals surface area contributed by atoms with E-state index in [1.54, 1.807) is 12.1 Å². The second kappa shape index (κ2) is 5.93. The van der Waals surface area contributed by atoms with Gasteiger partial charge in [-0.25, -0.2) is 4.39 Å². The lowest BCUT2D eigenvalue weighted by atomic mass is 10.2. The van der Waals surface area contributed by atoms with E-state index in [-0.39, 0.29) is 5.82 Å². The number of aromatic amines is 1. The molecule has 0 spiro atoms. The highest BCUT2D eigenvalue weighted by Crippen LogP contribution is 2.17. The van der Waals surface area contributed by atoms with Crippen molar-refractivity contribution < 1.29 is 4.39 Å². The van der Waals surface area contributed by atoms with Crippen molar-refractivity contribution in [1.82, 2.24) is 10.3 Å². The normalized spacial score (nSPS) is 10.5. The molecule has 5 heteroatoms. The van der Waals surface area contributed by atoms with Crippen LogP contribution in [0.15, 0.2) is 54.7 Å². The van der Waals surface area contributed by atoms with E-state index in [2.05, 4.69) is 21.7 Å². The van der Waals surface area contributed by atoms with E-state index in [1.165, 1.54) is 17.5 Å². The minimum absolute atomic E-state index is 0.266. The molecule has 0 bridgehead atoms. The molecule has 0 saturated heterocycles. The van der Waals surface area contributed by atoms with Crippen LogP contribution in [-0.4, -0.2) is 10.1 Å². The van der Waals surface area contributed by atoms with E-state index in [9.17, 15) is 4.39 Å². The fraction of sp³-hybridized carbons (Fsp3) is 0.0625. The van der Waals surface area contributed by atoms with Gasteiger partial charge < -0.3 is 15.6 Å². The molecule has 0 aliphatic carbocycles. The molecule has 3 nitrogen and oxygen atoms in total. The second-order valence-electron chi connectivity index (χ2n) is 4.67. The zero-order valence-electron chi connectivity index (χ0n) is 11.2. The Bertz CT molecular complexity index is 765. The van der Waals surface area contributed by atoms with Crippen LogP contribution in [0.1, 0.15) is 5.56 Å². The van der Waals surface area contributed by atoms with Crippen LogP contribution in [0.3, 0.4) is 0 Å². The number of H-pyrrole nitrogens is 1. The van der Waals surface area contributed by atoms with Gasteiger partial charge in [0.25, 0.3) is 0 Å². The summed E-state index contributed by atoms with van der Waals surface area (Å²) in [6.45, 7) is 0.622. The predicted molar refractivity (Wildman–Crippen MR) is 87.8 cm³/mol. The average Bonchev–Trinajstić information content (AvgIpc) is 2.91. The van der Waals surface area contributed by atoms with Gasteiger partial charge in [-0.2, -0.15) is 0 Å². The van der Waals surface area contributed by atoms with Crippen LogP contribution >= 0.6 is 12.2 Å². The van der Waals surface area contributed by atoms with E-state index >= 15 is 0 Å². The van der Waals surface area contributed by atoms with Crippen LogP contribution < -0.4 is 10.6 Å². The monoisotopic (exact) mass is 299 g/mol. The van der Waals surface area contributed by atoms with Crippen molar-refractivity contribution in [2.75, 3.05) is 5.32 Å². The van der Waals surface area contributed by atoms with Gasteiger partial charge >= 0.3 is 0 Å². The van der Waals surface area contributed by atoms with Gasteiger partial charge in [0.15, 0.2) is 5.11 Å². The standard InChI is InChI=1S/C16H14FN3S/c17-12-5-7-13(8-6-12)20-16(21)19-10-11-9-18-15-4-2-1-3-14(11)15/h1-9,18H,10H2,(H2,19,20,21). The van der Waals surface area contributed by atoms with Crippen molar-refractivity contribution in [1.29, 1.82) is 0 Å². The number of benzene rings is 2. The molecular weight excluding hydrogens is 285 g/mol. The lowest BCUT2D eigenvalue weighted by molar-refractivity contribution is 0.628. The maximum absolute atomic E-state index is 12.8. The summed E-state index contributed by atoms with van der Waals surface area (Å²) in [5.74, 6) is -0.266. The van der Waals surface area contributed by atoms with Crippen LogP contribution in [0.4, 0.5) is 10.1 Å². The number of thiocarbonyl (C=S) groups is 1. The zero-order chi connectivity index (χ0) is 14.7. The first-order valence-electron chi connectivity index (χ1n) is 6.58. The molecule has 0 amide bonds. The Labute approximate surface area is 127 Å². The minimum Gasteiger partial charge on any atom is -0.361 e. The van der Waals surface area contributed by atoms with Crippen LogP contribution in [0.25, 0.3) is 10.9 Å². The molecule has 3 N–H and O–H groups in total. The number of hydrogen-bond acceptors (Lipinski definition) is 1. The Hall–Kier alpha value is -2.40. The van der Waals surface area contributed by atoms with E-state index in [1.807, 2.05) is 24.4 Å². The van der Waals surface area contributed by atoms with Gasteiger partial charge in [-0.15, -0.1) is 0 Å². The SMILES string of the molecule is Fc1ccc(NC(=S)NCc2c[nH]c3ccccc23)cc1. The summed E-state index contributed by atoms with van der Waals surface area (Å²) in [6, 6.07) is 14.2. The Balaban J connectivity index is 1.62. The number of para-hydroxylation sites is 1. The first kappa shape index (κ1) is 13.6. The van der Waals surface area contributed by atoms with Crippen molar-refractivity contribution in [2.45, 2.75) is 6.54 Å². The molecule has 3 rings (SSSR count). The number of anilines is 1. The van der Waals surface area contributed by atoms with Gasteiger partial charge in [0, 0.05) is 29.3 Å². The summed E-state index contributed by atoms with van der Waals surface area (Å²) in [5.41, 5.74) is 3.01. The van der Waals surface area contributed by atoms with Gasteiger partial charge in [-0.05, 0) is 48.1 Å². The molecule has 0 fully saturated rings. The minimum atomic E-state index is -0.266. The summed E-state index contributed by atoms with van der Waals surface area (Å²) in [5, 5.41) is 7.85. The van der Waals surface area contributed by atoms with Crippen molar-refractivity contribution in [3.63, 3.8) is 0 Å². The lowest BCUT2D eigenvalue weighted by Gasteiger charge is -2.10. The quantitative estimate of drug-likeness (QED) is 0.644. The smallest absolute Gasteiger partial charge is 0.171 e. The fourth-order valence-corrected chi connectivity index (χ4v) is 2.35. The second-order valence-corrected chi connectivity index (χ2v) is 5.08. The van der Waals surface area contributed by atoms with E-state index in [0.29, 0.717) is 11.7 Å². The molecule has 1 heterocycles. The molecule has 0 aliphatic rings. The summed E-state index contributed by atoms with van der Waals surface area (Å²) < 4.78 is 12.8. The van der Waals surface area contributed by atoms with Crippen LogP contribution in [0.2, 0.25) is 0 Å². The largest absolute Gasteiger partial charge is 0.361 e. The Morgan fingerprint density at radius 2 is 1.86 bits per heavy atom. The molecule has 0 radical (unpaired) electrons. The number of halogens is 1. The van der Waals surface area contributed by atoms with Crippen molar-refractivity contribution >= 4 is 33.9 Å². The third-order valence-corrected chi connectivity index (χ3v) is 3.46. The number of rotatable bonds is 3. The van der Waals surface area contributed by atoms with Gasteiger partial charge in [0.05, 0.1) is 0 Å². The van der Waals surface area contributed by atoms with E-state index < -0.39 is 0 Å². The average molecular weight is 299 g/mol. The summed E-state index contributed by atoms with van der Waals surface area (Å²) in [7, 11) is 0. The first-order valence-corrected chi connectivity index (χ1v) is 6.98. The summed E-state index contributed by atoms with van der Waals surface area (Å²) in [4.78, 5) is 3.22. The number of fused-ring (bicyclic) bond motifs is 1. The van der Waals surface area contributed by atoms with Crippen molar-refractivity contribution in [2.24, 2.45) is 0 Å². The third kappa shape index (κ3) is 3.20. The van der Waals surface area contributed by atoms with Gasteiger partial charge in [-0.1, -0.05) is 18.2 Å². The highest BCUT2D eigenvalue weighted by Gasteiger charge is 2.03. The first-order chi connectivity index (χ1) is 10.2. The van der Waals surface area contributed by atoms with Crippen LogP contribution in [0, 0.1) is 5.82 Å². The molecule has 106 valence electrons. The molecule has 21 heavy (non-hydrogen) atoms. The van der Waals surface area contributed by atoms with E-state index in [4.69, 9.17) is 12.2 Å². The number of nitrogens with one attached hydrogen (secondary N) is 3.